The van der Waals surface area contributed by atoms with Gasteiger partial charge in [-0.1, -0.05) is 0 Å². The van der Waals surface area contributed by atoms with Crippen molar-refractivity contribution >= 4 is 22.6 Å². The summed E-state index contributed by atoms with van der Waals surface area (Å²) in [4.78, 5) is 2.66. The lowest BCUT2D eigenvalue weighted by molar-refractivity contribution is 0.0151. The molecular weight excluding hydrogens is 377 g/mol. The van der Waals surface area contributed by atoms with Crippen LogP contribution >= 0.6 is 22.6 Å². The first-order chi connectivity index (χ1) is 10.1. The van der Waals surface area contributed by atoms with Crippen LogP contribution in [0.1, 0.15) is 44.3 Å². The van der Waals surface area contributed by atoms with Crippen molar-refractivity contribution in [3.05, 3.63) is 15.5 Å². The molecule has 4 rings (SSSR count). The van der Waals surface area contributed by atoms with Crippen LogP contribution in [-0.2, 0) is 4.74 Å². The third-order valence-corrected chi connectivity index (χ3v) is 6.07. The predicted octanol–water partition coefficient (Wildman–Crippen LogP) is 2.89. The zero-order valence-corrected chi connectivity index (χ0v) is 15.0. The third kappa shape index (κ3) is 2.55. The number of ether oxygens (including phenoxy) is 1. The Hall–Kier alpha value is -0.140. The summed E-state index contributed by atoms with van der Waals surface area (Å²) in [5.41, 5.74) is 1.49. The summed E-state index contributed by atoms with van der Waals surface area (Å²) in [5, 5.41) is 4.68. The van der Waals surface area contributed by atoms with E-state index in [1.54, 1.807) is 0 Å². The zero-order valence-electron chi connectivity index (χ0n) is 12.8. The Bertz CT molecular complexity index is 512. The van der Waals surface area contributed by atoms with E-state index >= 15 is 0 Å². The number of hydrogen-bond acceptors (Lipinski definition) is 3. The second kappa shape index (κ2) is 5.49. The van der Waals surface area contributed by atoms with E-state index in [0.29, 0.717) is 6.04 Å². The third-order valence-electron chi connectivity index (χ3n) is 5.55. The van der Waals surface area contributed by atoms with Crippen LogP contribution in [0.2, 0.25) is 0 Å². The van der Waals surface area contributed by atoms with Gasteiger partial charge in [0, 0.05) is 36.8 Å². The predicted molar refractivity (Wildman–Crippen MR) is 90.5 cm³/mol. The Kier molecular flexibility index (Phi) is 3.78. The maximum atomic E-state index is 5.48. The van der Waals surface area contributed by atoms with Crippen LogP contribution < -0.4 is 0 Å². The number of aromatic nitrogens is 2. The molecule has 116 valence electrons. The lowest BCUT2D eigenvalue weighted by atomic mass is 10.0. The second-order valence-electron chi connectivity index (χ2n) is 7.06. The summed E-state index contributed by atoms with van der Waals surface area (Å²) in [6.45, 7) is 8.59. The molecule has 0 bridgehead atoms. The zero-order chi connectivity index (χ0) is 14.6. The van der Waals surface area contributed by atoms with Crippen molar-refractivity contribution in [3.63, 3.8) is 0 Å². The van der Waals surface area contributed by atoms with Gasteiger partial charge in [-0.05, 0) is 67.2 Å². The van der Waals surface area contributed by atoms with Gasteiger partial charge >= 0.3 is 0 Å². The number of morpholine rings is 1. The fraction of sp³-hybridized carbons (Fsp3) is 0.812. The summed E-state index contributed by atoms with van der Waals surface area (Å²) >= 11 is 2.35. The molecule has 0 aromatic carbocycles. The highest BCUT2D eigenvalue weighted by Crippen LogP contribution is 2.64. The summed E-state index contributed by atoms with van der Waals surface area (Å²) in [6, 6.07) is 3.60. The second-order valence-corrected chi connectivity index (χ2v) is 8.16. The monoisotopic (exact) mass is 401 g/mol. The number of rotatable bonds is 3. The van der Waals surface area contributed by atoms with E-state index in [1.165, 1.54) is 18.5 Å². The van der Waals surface area contributed by atoms with E-state index in [-0.39, 0.29) is 0 Å². The molecule has 3 aliphatic rings. The van der Waals surface area contributed by atoms with Crippen molar-refractivity contribution in [2.24, 2.45) is 11.8 Å². The van der Waals surface area contributed by atoms with Gasteiger partial charge in [-0.3, -0.25) is 9.58 Å². The van der Waals surface area contributed by atoms with Crippen molar-refractivity contribution < 1.29 is 4.74 Å². The van der Waals surface area contributed by atoms with Crippen LogP contribution in [0.15, 0.2) is 6.07 Å². The van der Waals surface area contributed by atoms with Crippen LogP contribution in [0.4, 0.5) is 0 Å². The van der Waals surface area contributed by atoms with Gasteiger partial charge in [0.05, 0.1) is 13.2 Å². The van der Waals surface area contributed by atoms with Crippen LogP contribution in [-0.4, -0.2) is 47.0 Å². The highest BCUT2D eigenvalue weighted by molar-refractivity contribution is 14.1. The van der Waals surface area contributed by atoms with Crippen molar-refractivity contribution in [2.45, 2.75) is 44.7 Å². The fourth-order valence-corrected chi connectivity index (χ4v) is 5.08. The molecule has 2 heterocycles. The van der Waals surface area contributed by atoms with E-state index in [1.807, 2.05) is 0 Å². The first-order valence-corrected chi connectivity index (χ1v) is 9.29. The number of fused-ring (bicyclic) bond motifs is 1. The van der Waals surface area contributed by atoms with Gasteiger partial charge in [-0.2, -0.15) is 5.10 Å². The van der Waals surface area contributed by atoms with E-state index < -0.39 is 0 Å². The molecule has 0 amide bonds. The van der Waals surface area contributed by atoms with Gasteiger partial charge in [0.25, 0.3) is 0 Å². The van der Waals surface area contributed by atoms with E-state index in [9.17, 15) is 0 Å². The van der Waals surface area contributed by atoms with Crippen LogP contribution in [0, 0.1) is 15.5 Å². The molecule has 0 unspecified atom stereocenters. The fourth-order valence-electron chi connectivity index (χ4n) is 4.53. The largest absolute Gasteiger partial charge is 0.379 e. The van der Waals surface area contributed by atoms with Crippen molar-refractivity contribution in [1.82, 2.24) is 14.7 Å². The van der Waals surface area contributed by atoms with E-state index in [0.717, 1.165) is 53.8 Å². The molecule has 4 atom stereocenters. The van der Waals surface area contributed by atoms with E-state index in [2.05, 4.69) is 57.2 Å². The molecule has 2 aliphatic carbocycles. The first-order valence-electron chi connectivity index (χ1n) is 8.22. The average molecular weight is 401 g/mol. The molecule has 5 heteroatoms. The van der Waals surface area contributed by atoms with Gasteiger partial charge in [0.2, 0.25) is 0 Å². The van der Waals surface area contributed by atoms with Crippen molar-refractivity contribution in [2.75, 3.05) is 26.3 Å². The number of hydrogen-bond donors (Lipinski definition) is 0. The van der Waals surface area contributed by atoms with E-state index in [4.69, 9.17) is 4.74 Å². The lowest BCUT2D eigenvalue weighted by Gasteiger charge is -2.33. The van der Waals surface area contributed by atoms with Crippen molar-refractivity contribution in [3.8, 4) is 0 Å². The van der Waals surface area contributed by atoms with Crippen LogP contribution in [0.3, 0.4) is 0 Å². The van der Waals surface area contributed by atoms with Gasteiger partial charge in [-0.15, -0.1) is 0 Å². The molecule has 0 N–H and O–H groups in total. The molecular formula is C16H24IN3O. The maximum absolute atomic E-state index is 5.48. The molecule has 0 spiro atoms. The summed E-state index contributed by atoms with van der Waals surface area (Å²) in [5.74, 6) is 2.59. The summed E-state index contributed by atoms with van der Waals surface area (Å²) in [6.07, 6.45) is 2.77. The average Bonchev–Trinajstić information content (AvgIpc) is 2.86. The molecule has 1 aliphatic heterocycles. The quantitative estimate of drug-likeness (QED) is 0.730. The Labute approximate surface area is 140 Å². The Morgan fingerprint density at radius 3 is 2.52 bits per heavy atom. The normalized spacial score (nSPS) is 36.2. The topological polar surface area (TPSA) is 30.3 Å². The van der Waals surface area contributed by atoms with Gasteiger partial charge < -0.3 is 4.74 Å². The minimum absolute atomic E-state index is 0.472. The molecule has 1 aromatic heterocycles. The van der Waals surface area contributed by atoms with Gasteiger partial charge in [-0.25, -0.2) is 0 Å². The molecule has 1 saturated heterocycles. The highest BCUT2D eigenvalue weighted by Gasteiger charge is 2.58. The first kappa shape index (κ1) is 14.5. The van der Waals surface area contributed by atoms with Crippen molar-refractivity contribution in [1.29, 1.82) is 0 Å². The molecule has 4 nitrogen and oxygen atoms in total. The van der Waals surface area contributed by atoms with Gasteiger partial charge in [0.15, 0.2) is 0 Å². The standard InChI is InChI=1S/C16H24IN3O/c1-10(2)20-14(9-15(17)18-20)16-12-7-11(8-13(12)16)19-3-5-21-6-4-19/h9-13,16H,3-8H2,1-2H3/t11-,12-,13+,16-. The molecule has 0 radical (unpaired) electrons. The summed E-state index contributed by atoms with van der Waals surface area (Å²) in [7, 11) is 0. The Balaban J connectivity index is 1.44. The molecule has 2 saturated carbocycles. The highest BCUT2D eigenvalue weighted by atomic mass is 127. The molecule has 21 heavy (non-hydrogen) atoms. The SMILES string of the molecule is CC(C)n1nc(I)cc1[C@@H]1[C@@H]2C[C@@H](N3CCOCC3)C[C@@H]21. The Morgan fingerprint density at radius 2 is 1.90 bits per heavy atom. The lowest BCUT2D eigenvalue weighted by Crippen LogP contribution is -2.43. The van der Waals surface area contributed by atoms with Crippen LogP contribution in [0.5, 0.6) is 0 Å². The Morgan fingerprint density at radius 1 is 1.24 bits per heavy atom. The molecule has 3 fully saturated rings. The number of nitrogens with zero attached hydrogens (tertiary/aromatic N) is 3. The van der Waals surface area contributed by atoms with Crippen LogP contribution in [0.25, 0.3) is 0 Å². The van der Waals surface area contributed by atoms with Gasteiger partial charge in [0.1, 0.15) is 3.70 Å². The minimum atomic E-state index is 0.472. The maximum Gasteiger partial charge on any atom is 0.123 e. The summed E-state index contributed by atoms with van der Waals surface area (Å²) < 4.78 is 8.88. The smallest absolute Gasteiger partial charge is 0.123 e. The minimum Gasteiger partial charge on any atom is -0.379 e. The number of halogens is 1. The molecule has 1 aromatic rings.